The molecule has 2 aromatic carbocycles. The van der Waals surface area contributed by atoms with Crippen molar-refractivity contribution in [3.8, 4) is 22.4 Å². The highest BCUT2D eigenvalue weighted by molar-refractivity contribution is 7.07. The molecule has 4 N–H and O–H groups in total. The second-order valence-electron chi connectivity index (χ2n) is 7.36. The molecule has 0 bridgehead atoms. The van der Waals surface area contributed by atoms with E-state index in [1.165, 1.54) is 11.1 Å². The summed E-state index contributed by atoms with van der Waals surface area (Å²) in [6, 6.07) is 15.1. The topological polar surface area (TPSA) is 77.3 Å². The highest BCUT2D eigenvalue weighted by Crippen LogP contribution is 2.30. The van der Waals surface area contributed by atoms with Crippen LogP contribution in [0.2, 0.25) is 0 Å². The quantitative estimate of drug-likeness (QED) is 0.527. The first-order chi connectivity index (χ1) is 12.3. The van der Waals surface area contributed by atoms with Crippen molar-refractivity contribution >= 4 is 17.3 Å². The van der Waals surface area contributed by atoms with Gasteiger partial charge in [0, 0.05) is 10.9 Å². The number of guanidine groups is 1. The predicted molar refractivity (Wildman–Crippen MR) is 111 cm³/mol. The summed E-state index contributed by atoms with van der Waals surface area (Å²) in [5.41, 5.74) is 19.7. The zero-order valence-electron chi connectivity index (χ0n) is 15.4. The summed E-state index contributed by atoms with van der Waals surface area (Å²) in [4.78, 5) is 8.59. The monoisotopic (exact) mass is 364 g/mol. The molecule has 4 nitrogen and oxygen atoms in total. The Kier molecular flexibility index (Phi) is 5.09. The standard InChI is InChI=1S/C21H24N4S/c1-21(2,3)18-6-4-15(5-7-18)16-8-14(11-24-20(22)23)9-17(10-16)19-12-26-13-25-19/h4-10,12-13H,11H2,1-3H3,(H4,22,23,24). The molecule has 0 amide bonds. The van der Waals surface area contributed by atoms with Crippen molar-refractivity contribution in [3.05, 3.63) is 64.5 Å². The average Bonchev–Trinajstić information content (AvgIpc) is 3.14. The summed E-state index contributed by atoms with van der Waals surface area (Å²) in [5.74, 6) is 0.0974. The molecule has 1 heterocycles. The van der Waals surface area contributed by atoms with Crippen molar-refractivity contribution in [2.45, 2.75) is 32.7 Å². The van der Waals surface area contributed by atoms with E-state index < -0.39 is 0 Å². The van der Waals surface area contributed by atoms with Crippen LogP contribution >= 0.6 is 11.3 Å². The fourth-order valence-corrected chi connectivity index (χ4v) is 3.36. The minimum Gasteiger partial charge on any atom is -0.370 e. The van der Waals surface area contributed by atoms with Crippen LogP contribution in [0.25, 0.3) is 22.4 Å². The molecule has 0 atom stereocenters. The molecule has 3 aromatic rings. The van der Waals surface area contributed by atoms with Gasteiger partial charge in [0.25, 0.3) is 0 Å². The van der Waals surface area contributed by atoms with E-state index in [2.05, 4.69) is 73.2 Å². The van der Waals surface area contributed by atoms with E-state index in [0.29, 0.717) is 6.54 Å². The molecule has 3 rings (SSSR count). The van der Waals surface area contributed by atoms with Crippen LogP contribution in [-0.4, -0.2) is 10.9 Å². The molecule has 0 aliphatic carbocycles. The first-order valence-electron chi connectivity index (χ1n) is 8.52. The average molecular weight is 365 g/mol. The Morgan fingerprint density at radius 2 is 1.69 bits per heavy atom. The Labute approximate surface area is 158 Å². The fourth-order valence-electron chi connectivity index (χ4n) is 2.80. The van der Waals surface area contributed by atoms with Crippen molar-refractivity contribution in [3.63, 3.8) is 0 Å². The molecule has 0 aliphatic heterocycles. The Morgan fingerprint density at radius 1 is 1.00 bits per heavy atom. The zero-order valence-corrected chi connectivity index (χ0v) is 16.2. The number of rotatable bonds is 4. The Morgan fingerprint density at radius 3 is 2.27 bits per heavy atom. The first-order valence-corrected chi connectivity index (χ1v) is 9.46. The van der Waals surface area contributed by atoms with E-state index in [9.17, 15) is 0 Å². The normalized spacial score (nSPS) is 11.3. The molecule has 0 saturated heterocycles. The lowest BCUT2D eigenvalue weighted by molar-refractivity contribution is 0.590. The van der Waals surface area contributed by atoms with Crippen molar-refractivity contribution in [2.75, 3.05) is 0 Å². The van der Waals surface area contributed by atoms with Gasteiger partial charge in [0.05, 0.1) is 17.7 Å². The minimum atomic E-state index is 0.0974. The number of aliphatic imine (C=N–C) groups is 1. The lowest BCUT2D eigenvalue weighted by atomic mass is 9.86. The molecule has 0 radical (unpaired) electrons. The molecule has 0 aliphatic rings. The third kappa shape index (κ3) is 4.29. The van der Waals surface area contributed by atoms with Gasteiger partial charge in [-0.25, -0.2) is 9.98 Å². The fraction of sp³-hybridized carbons (Fsp3) is 0.238. The van der Waals surface area contributed by atoms with E-state index in [0.717, 1.165) is 22.4 Å². The van der Waals surface area contributed by atoms with Gasteiger partial charge in [-0.15, -0.1) is 11.3 Å². The maximum Gasteiger partial charge on any atom is 0.186 e. The minimum absolute atomic E-state index is 0.0974. The van der Waals surface area contributed by atoms with Gasteiger partial charge < -0.3 is 11.5 Å². The second-order valence-corrected chi connectivity index (χ2v) is 8.08. The van der Waals surface area contributed by atoms with E-state index in [1.807, 2.05) is 10.9 Å². The van der Waals surface area contributed by atoms with Crippen LogP contribution in [0.4, 0.5) is 0 Å². The van der Waals surface area contributed by atoms with Crippen LogP contribution in [0.3, 0.4) is 0 Å². The zero-order chi connectivity index (χ0) is 18.7. The number of nitrogens with two attached hydrogens (primary N) is 2. The summed E-state index contributed by atoms with van der Waals surface area (Å²) in [6.07, 6.45) is 0. The molecule has 0 unspecified atom stereocenters. The van der Waals surface area contributed by atoms with Crippen LogP contribution in [-0.2, 0) is 12.0 Å². The third-order valence-electron chi connectivity index (χ3n) is 4.25. The Bertz CT molecular complexity index is 900. The highest BCUT2D eigenvalue weighted by atomic mass is 32.1. The van der Waals surface area contributed by atoms with Gasteiger partial charge in [-0.3, -0.25) is 0 Å². The van der Waals surface area contributed by atoms with Crippen LogP contribution in [0, 0.1) is 0 Å². The lowest BCUT2D eigenvalue weighted by Gasteiger charge is -2.19. The van der Waals surface area contributed by atoms with Gasteiger partial charge in [0.15, 0.2) is 5.96 Å². The largest absolute Gasteiger partial charge is 0.370 e. The van der Waals surface area contributed by atoms with Gasteiger partial charge in [-0.1, -0.05) is 45.0 Å². The molecule has 0 fully saturated rings. The van der Waals surface area contributed by atoms with Crippen LogP contribution in [0.15, 0.2) is 58.3 Å². The van der Waals surface area contributed by atoms with Gasteiger partial charge in [0.1, 0.15) is 0 Å². The van der Waals surface area contributed by atoms with E-state index >= 15 is 0 Å². The smallest absolute Gasteiger partial charge is 0.186 e. The molecule has 5 heteroatoms. The number of aromatic nitrogens is 1. The lowest BCUT2D eigenvalue weighted by Crippen LogP contribution is -2.22. The summed E-state index contributed by atoms with van der Waals surface area (Å²) in [7, 11) is 0. The van der Waals surface area contributed by atoms with Gasteiger partial charge >= 0.3 is 0 Å². The number of thiazole rings is 1. The van der Waals surface area contributed by atoms with Crippen molar-refractivity contribution < 1.29 is 0 Å². The van der Waals surface area contributed by atoms with Gasteiger partial charge in [0.2, 0.25) is 0 Å². The van der Waals surface area contributed by atoms with Crippen LogP contribution in [0.5, 0.6) is 0 Å². The summed E-state index contributed by atoms with van der Waals surface area (Å²) in [5, 5.41) is 2.05. The third-order valence-corrected chi connectivity index (χ3v) is 4.84. The second kappa shape index (κ2) is 7.30. The van der Waals surface area contributed by atoms with Crippen LogP contribution < -0.4 is 11.5 Å². The summed E-state index contributed by atoms with van der Waals surface area (Å²) < 4.78 is 0. The van der Waals surface area contributed by atoms with E-state index in [-0.39, 0.29) is 11.4 Å². The maximum absolute atomic E-state index is 5.50. The Hall–Kier alpha value is -2.66. The molecular weight excluding hydrogens is 340 g/mol. The number of hydrogen-bond donors (Lipinski definition) is 2. The molecular formula is C21H24N4S. The predicted octanol–water partition coefficient (Wildman–Crippen LogP) is 4.55. The maximum atomic E-state index is 5.50. The molecule has 0 spiro atoms. The van der Waals surface area contributed by atoms with Crippen molar-refractivity contribution in [1.82, 2.24) is 4.98 Å². The number of hydrogen-bond acceptors (Lipinski definition) is 3. The van der Waals surface area contributed by atoms with Gasteiger partial charge in [-0.05, 0) is 45.9 Å². The van der Waals surface area contributed by atoms with Crippen molar-refractivity contribution in [1.29, 1.82) is 0 Å². The molecule has 1 aromatic heterocycles. The molecule has 0 saturated carbocycles. The van der Waals surface area contributed by atoms with E-state index in [1.54, 1.807) is 11.3 Å². The van der Waals surface area contributed by atoms with Crippen molar-refractivity contribution in [2.24, 2.45) is 16.5 Å². The SMILES string of the molecule is CC(C)(C)c1ccc(-c2cc(CN=C(N)N)cc(-c3cscn3)c2)cc1. The van der Waals surface area contributed by atoms with Crippen LogP contribution in [0.1, 0.15) is 31.9 Å². The summed E-state index contributed by atoms with van der Waals surface area (Å²) >= 11 is 1.59. The highest BCUT2D eigenvalue weighted by Gasteiger charge is 2.13. The van der Waals surface area contributed by atoms with E-state index in [4.69, 9.17) is 11.5 Å². The number of benzene rings is 2. The number of nitrogens with zero attached hydrogens (tertiary/aromatic N) is 2. The van der Waals surface area contributed by atoms with Gasteiger partial charge in [-0.2, -0.15) is 0 Å². The molecule has 26 heavy (non-hydrogen) atoms. The first kappa shape index (κ1) is 18.1. The Balaban J connectivity index is 2.03. The molecule has 134 valence electrons. The summed E-state index contributed by atoms with van der Waals surface area (Å²) in [6.45, 7) is 7.11.